The number of benzene rings is 2. The number of hydrogen-bond acceptors (Lipinski definition) is 7. The van der Waals surface area contributed by atoms with Crippen LogP contribution < -0.4 is 9.46 Å². The first-order chi connectivity index (χ1) is 15.9. The maximum Gasteiger partial charge on any atom is 0.258 e. The molecule has 1 atom stereocenters. The largest absolute Gasteiger partial charge is 0.490 e. The van der Waals surface area contributed by atoms with Gasteiger partial charge >= 0.3 is 0 Å². The van der Waals surface area contributed by atoms with Gasteiger partial charge in [0.2, 0.25) is 15.8 Å². The van der Waals surface area contributed by atoms with Crippen molar-refractivity contribution in [1.82, 2.24) is 14.9 Å². The molecule has 0 bridgehead atoms. The van der Waals surface area contributed by atoms with Crippen molar-refractivity contribution in [3.05, 3.63) is 53.1 Å². The predicted molar refractivity (Wildman–Crippen MR) is 122 cm³/mol. The van der Waals surface area contributed by atoms with Crippen molar-refractivity contribution in [3.8, 4) is 34.7 Å². The van der Waals surface area contributed by atoms with Crippen molar-refractivity contribution >= 4 is 10.0 Å². The van der Waals surface area contributed by atoms with Crippen LogP contribution in [0.1, 0.15) is 55.8 Å². The molecule has 170 valence electrons. The van der Waals surface area contributed by atoms with Crippen molar-refractivity contribution < 1.29 is 17.7 Å². The van der Waals surface area contributed by atoms with Crippen LogP contribution in [0, 0.1) is 11.3 Å². The third-order valence-corrected chi connectivity index (χ3v) is 7.88. The van der Waals surface area contributed by atoms with E-state index in [0.717, 1.165) is 36.0 Å². The van der Waals surface area contributed by atoms with E-state index in [1.165, 1.54) is 0 Å². The Labute approximate surface area is 192 Å². The van der Waals surface area contributed by atoms with Crippen LogP contribution in [-0.4, -0.2) is 29.9 Å². The summed E-state index contributed by atoms with van der Waals surface area (Å²) in [6.07, 6.45) is 2.85. The van der Waals surface area contributed by atoms with E-state index >= 15 is 0 Å². The average molecular weight is 465 g/mol. The topological polar surface area (TPSA) is 118 Å². The molecule has 0 aliphatic heterocycles. The first-order valence-corrected chi connectivity index (χ1v) is 12.6. The molecule has 1 aromatic heterocycles. The zero-order valence-corrected chi connectivity index (χ0v) is 19.2. The minimum absolute atomic E-state index is 0.0456. The SMILES string of the molecule is CC(C)Oc1ccc(-c2nc(-c3cccc4c3CCC4NS(=O)(=O)C3CC3)no2)cc1C#N. The summed E-state index contributed by atoms with van der Waals surface area (Å²) in [5.74, 6) is 1.25. The molecule has 5 rings (SSSR count). The second-order valence-corrected chi connectivity index (χ2v) is 10.7. The second kappa shape index (κ2) is 8.28. The molecule has 1 heterocycles. The van der Waals surface area contributed by atoms with Gasteiger partial charge in [-0.2, -0.15) is 10.2 Å². The van der Waals surface area contributed by atoms with E-state index in [2.05, 4.69) is 20.9 Å². The summed E-state index contributed by atoms with van der Waals surface area (Å²) in [6.45, 7) is 3.80. The number of hydrogen-bond donors (Lipinski definition) is 1. The standard InChI is InChI=1S/C24H24N4O4S/c1-14(2)31-22-11-6-15(12-16(22)13-25)24-26-23(27-32-24)20-5-3-4-19-18(20)9-10-21(19)28-33(29,30)17-7-8-17/h3-6,11-12,14,17,21,28H,7-10H2,1-2H3. The van der Waals surface area contributed by atoms with Gasteiger partial charge in [0.15, 0.2) is 0 Å². The van der Waals surface area contributed by atoms with Gasteiger partial charge in [0, 0.05) is 17.2 Å². The molecular weight excluding hydrogens is 440 g/mol. The molecule has 33 heavy (non-hydrogen) atoms. The van der Waals surface area contributed by atoms with Crippen molar-refractivity contribution in [2.75, 3.05) is 0 Å². The van der Waals surface area contributed by atoms with Crippen LogP contribution in [0.4, 0.5) is 0 Å². The Balaban J connectivity index is 1.43. The van der Waals surface area contributed by atoms with E-state index in [-0.39, 0.29) is 17.4 Å². The van der Waals surface area contributed by atoms with Gasteiger partial charge < -0.3 is 9.26 Å². The van der Waals surface area contributed by atoms with Gasteiger partial charge in [-0.3, -0.25) is 0 Å². The number of nitrogens with one attached hydrogen (secondary N) is 1. The summed E-state index contributed by atoms with van der Waals surface area (Å²) >= 11 is 0. The molecule has 8 nitrogen and oxygen atoms in total. The molecule has 2 aromatic carbocycles. The summed E-state index contributed by atoms with van der Waals surface area (Å²) in [5, 5.41) is 13.4. The summed E-state index contributed by atoms with van der Waals surface area (Å²) in [7, 11) is -3.28. The smallest absolute Gasteiger partial charge is 0.258 e. The minimum Gasteiger partial charge on any atom is -0.490 e. The molecule has 0 spiro atoms. The molecule has 1 unspecified atom stereocenters. The highest BCUT2D eigenvalue weighted by atomic mass is 32.2. The number of nitriles is 1. The Morgan fingerprint density at radius 3 is 2.76 bits per heavy atom. The molecule has 2 aliphatic rings. The molecule has 0 amide bonds. The summed E-state index contributed by atoms with van der Waals surface area (Å²) in [4.78, 5) is 4.57. The maximum atomic E-state index is 12.4. The first kappa shape index (κ1) is 21.6. The Morgan fingerprint density at radius 2 is 2.03 bits per heavy atom. The highest BCUT2D eigenvalue weighted by molar-refractivity contribution is 7.90. The Bertz CT molecular complexity index is 1350. The van der Waals surface area contributed by atoms with E-state index in [0.29, 0.717) is 35.0 Å². The molecule has 0 saturated heterocycles. The van der Waals surface area contributed by atoms with E-state index in [9.17, 15) is 13.7 Å². The molecule has 9 heteroatoms. The number of sulfonamides is 1. The number of aromatic nitrogens is 2. The quantitative estimate of drug-likeness (QED) is 0.558. The lowest BCUT2D eigenvalue weighted by Gasteiger charge is -2.14. The zero-order valence-electron chi connectivity index (χ0n) is 18.4. The molecule has 3 aromatic rings. The van der Waals surface area contributed by atoms with Crippen molar-refractivity contribution in [3.63, 3.8) is 0 Å². The Kier molecular flexibility index (Phi) is 5.43. The van der Waals surface area contributed by atoms with Crippen LogP contribution >= 0.6 is 0 Å². The van der Waals surface area contributed by atoms with E-state index in [4.69, 9.17) is 9.26 Å². The second-order valence-electron chi connectivity index (χ2n) is 8.74. The third kappa shape index (κ3) is 4.24. The van der Waals surface area contributed by atoms with Gasteiger partial charge in [-0.05, 0) is 68.9 Å². The van der Waals surface area contributed by atoms with Crippen LogP contribution in [0.15, 0.2) is 40.9 Å². The van der Waals surface area contributed by atoms with E-state index < -0.39 is 10.0 Å². The van der Waals surface area contributed by atoms with Crippen molar-refractivity contribution in [2.45, 2.75) is 56.9 Å². The van der Waals surface area contributed by atoms with E-state index in [1.54, 1.807) is 18.2 Å². The lowest BCUT2D eigenvalue weighted by molar-refractivity contribution is 0.241. The van der Waals surface area contributed by atoms with Gasteiger partial charge in [0.25, 0.3) is 5.89 Å². The zero-order chi connectivity index (χ0) is 23.2. The Hall–Kier alpha value is -3.22. The molecular formula is C24H24N4O4S. The van der Waals surface area contributed by atoms with Gasteiger partial charge in [-0.25, -0.2) is 13.1 Å². The number of nitrogens with zero attached hydrogens (tertiary/aromatic N) is 3. The van der Waals surface area contributed by atoms with Crippen molar-refractivity contribution in [1.29, 1.82) is 5.26 Å². The molecule has 1 fully saturated rings. The lowest BCUT2D eigenvalue weighted by atomic mass is 10.0. The monoisotopic (exact) mass is 464 g/mol. The summed E-state index contributed by atoms with van der Waals surface area (Å²) in [6, 6.07) is 12.9. The fourth-order valence-electron chi connectivity index (χ4n) is 4.22. The van der Waals surface area contributed by atoms with Crippen LogP contribution in [-0.2, 0) is 16.4 Å². The number of ether oxygens (including phenoxy) is 1. The first-order valence-electron chi connectivity index (χ1n) is 11.0. The van der Waals surface area contributed by atoms with E-state index in [1.807, 2.05) is 32.0 Å². The maximum absolute atomic E-state index is 12.4. The van der Waals surface area contributed by atoms with Gasteiger partial charge in [-0.15, -0.1) is 0 Å². The Morgan fingerprint density at radius 1 is 1.21 bits per heavy atom. The minimum atomic E-state index is -3.28. The van der Waals surface area contributed by atoms with Gasteiger partial charge in [0.05, 0.1) is 16.9 Å². The summed E-state index contributed by atoms with van der Waals surface area (Å²) < 4.78 is 38.9. The van der Waals surface area contributed by atoms with Crippen LogP contribution in [0.2, 0.25) is 0 Å². The number of rotatable bonds is 7. The molecule has 1 saturated carbocycles. The highest BCUT2D eigenvalue weighted by Crippen LogP contribution is 2.39. The van der Waals surface area contributed by atoms with Crippen LogP contribution in [0.3, 0.4) is 0 Å². The normalized spacial score (nSPS) is 17.7. The fraction of sp³-hybridized carbons (Fsp3) is 0.375. The van der Waals surface area contributed by atoms with Crippen LogP contribution in [0.25, 0.3) is 22.8 Å². The average Bonchev–Trinajstić information content (AvgIpc) is 3.43. The highest BCUT2D eigenvalue weighted by Gasteiger charge is 2.38. The molecule has 1 N–H and O–H groups in total. The fourth-order valence-corrected chi connectivity index (χ4v) is 5.81. The van der Waals surface area contributed by atoms with Gasteiger partial charge in [0.1, 0.15) is 11.8 Å². The van der Waals surface area contributed by atoms with Crippen LogP contribution in [0.5, 0.6) is 5.75 Å². The van der Waals surface area contributed by atoms with Gasteiger partial charge in [-0.1, -0.05) is 23.4 Å². The molecule has 2 aliphatic carbocycles. The van der Waals surface area contributed by atoms with Crippen molar-refractivity contribution in [2.24, 2.45) is 0 Å². The predicted octanol–water partition coefficient (Wildman–Crippen LogP) is 4.13. The number of fused-ring (bicyclic) bond motifs is 1. The molecule has 0 radical (unpaired) electrons. The lowest BCUT2D eigenvalue weighted by Crippen LogP contribution is -2.30. The third-order valence-electron chi connectivity index (χ3n) is 5.92. The summed E-state index contributed by atoms with van der Waals surface area (Å²) in [5.41, 5.74) is 3.85.